The molecule has 0 spiro atoms. The molecule has 1 aromatic heterocycles. The third kappa shape index (κ3) is 7.38. The number of likely N-dealkylation sites (tertiary alicyclic amines) is 1. The monoisotopic (exact) mass is 549 g/mol. The molecule has 8 heteroatoms. The van der Waals surface area contributed by atoms with Crippen molar-refractivity contribution in [3.8, 4) is 5.75 Å². The highest BCUT2D eigenvalue weighted by molar-refractivity contribution is 5.41. The number of ether oxygens (including phenoxy) is 2. The molecule has 2 saturated heterocycles. The lowest BCUT2D eigenvalue weighted by Crippen LogP contribution is -2.27. The zero-order chi connectivity index (χ0) is 28.6. The van der Waals surface area contributed by atoms with Crippen LogP contribution in [0.15, 0.2) is 30.5 Å². The van der Waals surface area contributed by atoms with Crippen LogP contribution in [0.25, 0.3) is 0 Å². The molecule has 2 aromatic rings. The van der Waals surface area contributed by atoms with E-state index in [1.54, 1.807) is 7.11 Å². The topological polar surface area (TPSA) is 39.5 Å². The van der Waals surface area contributed by atoms with Crippen molar-refractivity contribution in [2.24, 2.45) is 5.92 Å². The first-order valence-electron chi connectivity index (χ1n) is 14.6. The second kappa shape index (κ2) is 14.2. The van der Waals surface area contributed by atoms with Gasteiger partial charge in [0.05, 0.1) is 25.4 Å². The number of nitrogens with zero attached hydrogens (tertiary/aromatic N) is 3. The largest absolute Gasteiger partial charge is 0.496 e. The molecule has 2 fully saturated rings. The summed E-state index contributed by atoms with van der Waals surface area (Å²) in [5, 5.41) is 4.40. The van der Waals surface area contributed by atoms with Crippen LogP contribution in [0.3, 0.4) is 0 Å². The Kier molecular flexibility index (Phi) is 11.3. The third-order valence-corrected chi connectivity index (χ3v) is 7.93. The molecule has 0 N–H and O–H groups in total. The lowest BCUT2D eigenvalue weighted by Gasteiger charge is -2.30. The SMILES string of the molecule is C1CCOCC1.C=C(Cn1nc2c(c1C(F)(F)F)CC(CC)C2)N1CCC[C@@H]1c1cccc(OC)c1C.CC. The van der Waals surface area contributed by atoms with Gasteiger partial charge in [0.1, 0.15) is 11.4 Å². The first kappa shape index (κ1) is 31.1. The number of allylic oxidation sites excluding steroid dienone is 1. The molecule has 218 valence electrons. The summed E-state index contributed by atoms with van der Waals surface area (Å²) in [7, 11) is 1.65. The van der Waals surface area contributed by atoms with E-state index >= 15 is 0 Å². The second-order valence-electron chi connectivity index (χ2n) is 10.4. The van der Waals surface area contributed by atoms with Crippen molar-refractivity contribution in [1.29, 1.82) is 0 Å². The van der Waals surface area contributed by atoms with Crippen LogP contribution in [0.1, 0.15) is 93.4 Å². The van der Waals surface area contributed by atoms with Gasteiger partial charge < -0.3 is 14.4 Å². The highest BCUT2D eigenvalue weighted by atomic mass is 19.4. The lowest BCUT2D eigenvalue weighted by molar-refractivity contribution is -0.144. The highest BCUT2D eigenvalue weighted by Crippen LogP contribution is 2.41. The minimum atomic E-state index is -4.42. The molecular formula is C31H46F3N3O2. The fraction of sp³-hybridized carbons (Fsp3) is 0.645. The summed E-state index contributed by atoms with van der Waals surface area (Å²) in [4.78, 5) is 2.14. The molecule has 2 atom stereocenters. The maximum atomic E-state index is 14.0. The smallest absolute Gasteiger partial charge is 0.433 e. The molecule has 0 radical (unpaired) electrons. The molecular weight excluding hydrogens is 503 g/mol. The number of halogens is 3. The van der Waals surface area contributed by atoms with Crippen molar-refractivity contribution in [1.82, 2.24) is 14.7 Å². The zero-order valence-electron chi connectivity index (χ0n) is 24.4. The van der Waals surface area contributed by atoms with Gasteiger partial charge in [0.2, 0.25) is 0 Å². The van der Waals surface area contributed by atoms with Crippen LogP contribution < -0.4 is 4.74 Å². The fourth-order valence-electron chi connectivity index (χ4n) is 5.91. The average Bonchev–Trinajstić information content (AvgIpc) is 3.65. The van der Waals surface area contributed by atoms with E-state index in [0.29, 0.717) is 29.8 Å². The van der Waals surface area contributed by atoms with Gasteiger partial charge in [-0.3, -0.25) is 4.68 Å². The van der Waals surface area contributed by atoms with Gasteiger partial charge in [-0.15, -0.1) is 0 Å². The number of hydrogen-bond acceptors (Lipinski definition) is 4. The Morgan fingerprint density at radius 1 is 1.13 bits per heavy atom. The van der Waals surface area contributed by atoms with Gasteiger partial charge in [0.15, 0.2) is 0 Å². The van der Waals surface area contributed by atoms with Crippen LogP contribution in [0.4, 0.5) is 13.2 Å². The molecule has 5 rings (SSSR count). The standard InChI is InChI=1S/C24H30F3N3O.C5H10O.C2H6/c1-5-17-12-19-20(13-17)28-30(23(19)24(25,26)27)14-15(2)29-11-7-9-21(29)18-8-6-10-22(31-4)16(18)3;1-2-4-6-5-3-1;1-2/h6,8,10,17,21H,2,5,7,9,11-14H2,1,3-4H3;1-5H2;1-2H3/t17?,21-;;/m1../s1. The predicted molar refractivity (Wildman–Crippen MR) is 150 cm³/mol. The summed E-state index contributed by atoms with van der Waals surface area (Å²) in [6, 6.07) is 6.05. The number of alkyl halides is 3. The Morgan fingerprint density at radius 2 is 1.85 bits per heavy atom. The highest BCUT2D eigenvalue weighted by Gasteiger charge is 2.42. The molecule has 0 amide bonds. The lowest BCUT2D eigenvalue weighted by atomic mass is 9.98. The van der Waals surface area contributed by atoms with Crippen molar-refractivity contribution in [2.45, 2.75) is 97.8 Å². The third-order valence-electron chi connectivity index (χ3n) is 7.93. The maximum Gasteiger partial charge on any atom is 0.433 e. The van der Waals surface area contributed by atoms with Gasteiger partial charge in [-0.1, -0.05) is 45.9 Å². The molecule has 3 aliphatic rings. The summed E-state index contributed by atoms with van der Waals surface area (Å²) >= 11 is 0. The molecule has 3 heterocycles. The van der Waals surface area contributed by atoms with E-state index in [4.69, 9.17) is 9.47 Å². The van der Waals surface area contributed by atoms with E-state index in [-0.39, 0.29) is 18.5 Å². The Balaban J connectivity index is 0.000000457. The van der Waals surface area contributed by atoms with Gasteiger partial charge in [0, 0.05) is 31.0 Å². The number of aromatic nitrogens is 2. The first-order chi connectivity index (χ1) is 18.7. The van der Waals surface area contributed by atoms with Crippen molar-refractivity contribution in [3.05, 3.63) is 58.6 Å². The molecule has 1 unspecified atom stereocenters. The summed E-state index contributed by atoms with van der Waals surface area (Å²) in [6.07, 6.45) is 3.38. The number of rotatable bonds is 6. The van der Waals surface area contributed by atoms with Crippen LogP contribution in [-0.2, 0) is 30.3 Å². The molecule has 1 aliphatic carbocycles. The van der Waals surface area contributed by atoms with Crippen molar-refractivity contribution in [3.63, 3.8) is 0 Å². The van der Waals surface area contributed by atoms with Gasteiger partial charge >= 0.3 is 6.18 Å². The number of fused-ring (bicyclic) bond motifs is 1. The summed E-state index contributed by atoms with van der Waals surface area (Å²) in [5.74, 6) is 1.08. The molecule has 0 saturated carbocycles. The zero-order valence-corrected chi connectivity index (χ0v) is 24.4. The van der Waals surface area contributed by atoms with Crippen molar-refractivity contribution in [2.75, 3.05) is 26.9 Å². The van der Waals surface area contributed by atoms with Gasteiger partial charge in [0.25, 0.3) is 0 Å². The number of hydrogen-bond donors (Lipinski definition) is 0. The van der Waals surface area contributed by atoms with Crippen LogP contribution in [0, 0.1) is 12.8 Å². The normalized spacial score (nSPS) is 20.5. The van der Waals surface area contributed by atoms with Gasteiger partial charge in [-0.25, -0.2) is 0 Å². The predicted octanol–water partition coefficient (Wildman–Crippen LogP) is 7.91. The Hall–Kier alpha value is -2.48. The van der Waals surface area contributed by atoms with E-state index in [9.17, 15) is 13.2 Å². The van der Waals surface area contributed by atoms with Crippen LogP contribution >= 0.6 is 0 Å². The fourth-order valence-corrected chi connectivity index (χ4v) is 5.91. The maximum absolute atomic E-state index is 14.0. The summed E-state index contributed by atoms with van der Waals surface area (Å²) in [6.45, 7) is 15.1. The Morgan fingerprint density at radius 3 is 2.41 bits per heavy atom. The van der Waals surface area contributed by atoms with E-state index < -0.39 is 11.9 Å². The Labute approximate surface area is 232 Å². The molecule has 1 aromatic carbocycles. The van der Waals surface area contributed by atoms with E-state index in [0.717, 1.165) is 60.6 Å². The van der Waals surface area contributed by atoms with E-state index in [1.165, 1.54) is 19.3 Å². The number of benzene rings is 1. The van der Waals surface area contributed by atoms with E-state index in [1.807, 2.05) is 39.8 Å². The first-order valence-corrected chi connectivity index (χ1v) is 14.6. The van der Waals surface area contributed by atoms with Crippen LogP contribution in [-0.4, -0.2) is 41.5 Å². The Bertz CT molecular complexity index is 1060. The van der Waals surface area contributed by atoms with Crippen LogP contribution in [0.5, 0.6) is 5.75 Å². The van der Waals surface area contributed by atoms with Gasteiger partial charge in [-0.2, -0.15) is 18.3 Å². The summed E-state index contributed by atoms with van der Waals surface area (Å²) < 4.78 is 53.5. The number of methoxy groups -OCH3 is 1. The molecule has 39 heavy (non-hydrogen) atoms. The van der Waals surface area contributed by atoms with E-state index in [2.05, 4.69) is 22.6 Å². The minimum absolute atomic E-state index is 0.0537. The molecule has 5 nitrogen and oxygen atoms in total. The quantitative estimate of drug-likeness (QED) is 0.367. The van der Waals surface area contributed by atoms with Crippen molar-refractivity contribution < 1.29 is 22.6 Å². The molecule has 2 aliphatic heterocycles. The molecule has 0 bridgehead atoms. The summed E-state index contributed by atoms with van der Waals surface area (Å²) in [5.41, 5.74) is 3.27. The second-order valence-corrected chi connectivity index (χ2v) is 10.4. The van der Waals surface area contributed by atoms with Crippen LogP contribution in [0.2, 0.25) is 0 Å². The average molecular weight is 550 g/mol. The van der Waals surface area contributed by atoms with Crippen molar-refractivity contribution >= 4 is 0 Å². The minimum Gasteiger partial charge on any atom is -0.496 e. The van der Waals surface area contributed by atoms with Gasteiger partial charge in [-0.05, 0) is 75.0 Å².